The lowest BCUT2D eigenvalue weighted by molar-refractivity contribution is -0.116. The highest BCUT2D eigenvalue weighted by Crippen LogP contribution is 2.31. The van der Waals surface area contributed by atoms with E-state index >= 15 is 0 Å². The molecule has 0 spiro atoms. The fraction of sp³-hybridized carbons (Fsp3) is 0.667. The van der Waals surface area contributed by atoms with Crippen LogP contribution in [0, 0.1) is 0 Å². The smallest absolute Gasteiger partial charge is 0.225 e. The van der Waals surface area contributed by atoms with Crippen LogP contribution in [-0.4, -0.2) is 54.5 Å². The maximum absolute atomic E-state index is 13.0. The molecule has 3 N–H and O–H groups in total. The van der Waals surface area contributed by atoms with Crippen molar-refractivity contribution in [3.63, 3.8) is 0 Å². The predicted octanol–water partition coefficient (Wildman–Crippen LogP) is 1.77. The lowest BCUT2D eigenvalue weighted by atomic mass is 10.1. The second-order valence-electron chi connectivity index (χ2n) is 5.38. The van der Waals surface area contributed by atoms with Gasteiger partial charge >= 0.3 is 0 Å². The average Bonchev–Trinajstić information content (AvgIpc) is 3.46. The number of carbonyl (C=O) groups is 1. The third-order valence-corrected chi connectivity index (χ3v) is 3.66. The zero-order chi connectivity index (χ0) is 32.5. The van der Waals surface area contributed by atoms with Crippen LogP contribution in [0.4, 0.5) is 5.82 Å². The molecule has 1 saturated heterocycles. The summed E-state index contributed by atoms with van der Waals surface area (Å²) in [5.41, 5.74) is -0.274. The summed E-state index contributed by atoms with van der Waals surface area (Å²) in [6.07, 6.45) is -26.2. The van der Waals surface area contributed by atoms with Crippen LogP contribution < -0.4 is 5.32 Å². The molecule has 9 heteroatoms. The normalized spacial score (nSPS) is 34.3. The molecule has 1 amide bonds. The molecule has 2 aromatic heterocycles. The molecule has 1 aliphatic rings. The summed E-state index contributed by atoms with van der Waals surface area (Å²) in [6.45, 7) is -4.23. The lowest BCUT2D eigenvalue weighted by Crippen LogP contribution is -2.19. The molecular weight excluding hydrogens is 350 g/mol. The molecule has 3 atom stereocenters. The van der Waals surface area contributed by atoms with Gasteiger partial charge in [-0.3, -0.25) is 9.36 Å². The SMILES string of the molecule is [2H]C([2H])([2H])C([2H])([2H])C([2H])([2H])C([2H])([2H])C([2H])([2H])C([2H])([2H])C([2H])([2H])C(=O)Nc1ncnc2c1ncn2C1OC(CO)CC1O. The summed E-state index contributed by atoms with van der Waals surface area (Å²) in [5.74, 6) is -2.45. The molecule has 0 bridgehead atoms. The van der Waals surface area contributed by atoms with Crippen LogP contribution in [-0.2, 0) is 9.53 Å². The van der Waals surface area contributed by atoms with Crippen LogP contribution in [0.3, 0.4) is 0 Å². The van der Waals surface area contributed by atoms with Crippen LogP contribution in [0.1, 0.15) is 78.3 Å². The fourth-order valence-electron chi connectivity index (χ4n) is 2.55. The molecule has 148 valence electrons. The van der Waals surface area contributed by atoms with Gasteiger partial charge in [-0.05, 0) is 6.37 Å². The summed E-state index contributed by atoms with van der Waals surface area (Å²) in [6, 6.07) is 0. The molecule has 3 unspecified atom stereocenters. The van der Waals surface area contributed by atoms with E-state index in [0.29, 0.717) is 0 Å². The van der Waals surface area contributed by atoms with E-state index in [0.717, 1.165) is 12.7 Å². The first kappa shape index (κ1) is 8.10. The number of carbonyl (C=O) groups excluding carboxylic acids is 1. The number of fused-ring (bicyclic) bond motifs is 1. The first-order valence-corrected chi connectivity index (χ1v) is 7.74. The minimum Gasteiger partial charge on any atom is -0.394 e. The van der Waals surface area contributed by atoms with Gasteiger partial charge in [0.1, 0.15) is 12.4 Å². The highest BCUT2D eigenvalue weighted by molar-refractivity contribution is 5.96. The van der Waals surface area contributed by atoms with Crippen molar-refractivity contribution in [2.24, 2.45) is 0 Å². The Morgan fingerprint density at radius 2 is 2.26 bits per heavy atom. The van der Waals surface area contributed by atoms with Crippen LogP contribution in [0.25, 0.3) is 11.2 Å². The van der Waals surface area contributed by atoms with Gasteiger partial charge in [-0.15, -0.1) is 0 Å². The van der Waals surface area contributed by atoms with Crippen molar-refractivity contribution >= 4 is 22.9 Å². The molecule has 2 aromatic rings. The number of hydrogen-bond acceptors (Lipinski definition) is 7. The zero-order valence-electron chi connectivity index (χ0n) is 28.8. The molecule has 3 heterocycles. The molecule has 0 aromatic carbocycles. The number of nitrogens with one attached hydrogen (secondary N) is 1. The lowest BCUT2D eigenvalue weighted by Gasteiger charge is -2.16. The minimum absolute atomic E-state index is 0.0572. The van der Waals surface area contributed by atoms with Crippen LogP contribution in [0.5, 0.6) is 0 Å². The molecule has 0 aliphatic carbocycles. The topological polar surface area (TPSA) is 122 Å². The molecule has 1 fully saturated rings. The van der Waals surface area contributed by atoms with Gasteiger partial charge in [-0.1, -0.05) is 32.3 Å². The highest BCUT2D eigenvalue weighted by Gasteiger charge is 2.36. The number of hydrogen-bond donors (Lipinski definition) is 3. The van der Waals surface area contributed by atoms with Crippen LogP contribution in [0.2, 0.25) is 0 Å². The van der Waals surface area contributed by atoms with E-state index in [4.69, 9.17) is 25.3 Å². The third-order valence-electron chi connectivity index (χ3n) is 3.66. The molecule has 3 rings (SSSR count). The second kappa shape index (κ2) is 9.20. The van der Waals surface area contributed by atoms with Gasteiger partial charge in [0.2, 0.25) is 5.91 Å². The Labute approximate surface area is 178 Å². The highest BCUT2D eigenvalue weighted by atomic mass is 16.5. The summed E-state index contributed by atoms with van der Waals surface area (Å²) < 4.78 is 124. The maximum Gasteiger partial charge on any atom is 0.225 e. The van der Waals surface area contributed by atoms with E-state index in [-0.39, 0.29) is 24.2 Å². The van der Waals surface area contributed by atoms with Crippen molar-refractivity contribution in [1.82, 2.24) is 19.5 Å². The van der Waals surface area contributed by atoms with E-state index in [2.05, 4.69) is 15.0 Å². The van der Waals surface area contributed by atoms with Crippen molar-refractivity contribution < 1.29 is 40.3 Å². The van der Waals surface area contributed by atoms with Gasteiger partial charge in [0, 0.05) is 33.4 Å². The van der Waals surface area contributed by atoms with Gasteiger partial charge in [0.05, 0.1) is 19.0 Å². The molecule has 0 radical (unpaired) electrons. The number of amides is 1. The second-order valence-corrected chi connectivity index (χ2v) is 5.38. The van der Waals surface area contributed by atoms with Crippen molar-refractivity contribution in [3.8, 4) is 0 Å². The van der Waals surface area contributed by atoms with Gasteiger partial charge in [0.15, 0.2) is 23.2 Å². The van der Waals surface area contributed by atoms with E-state index < -0.39 is 75.3 Å². The Kier molecular flexibility index (Phi) is 2.76. The van der Waals surface area contributed by atoms with Crippen molar-refractivity contribution in [2.45, 2.75) is 69.9 Å². The first-order valence-electron chi connectivity index (χ1n) is 15.2. The Balaban J connectivity index is 1.97. The molecule has 27 heavy (non-hydrogen) atoms. The van der Waals surface area contributed by atoms with Crippen molar-refractivity contribution in [3.05, 3.63) is 12.7 Å². The number of nitrogens with zero attached hydrogens (tertiary/aromatic N) is 4. The Bertz CT molecular complexity index is 1330. The van der Waals surface area contributed by atoms with E-state index in [9.17, 15) is 15.0 Å². The maximum atomic E-state index is 13.0. The van der Waals surface area contributed by atoms with E-state index in [1.807, 2.05) is 5.32 Å². The van der Waals surface area contributed by atoms with Crippen LogP contribution in [0.15, 0.2) is 12.7 Å². The summed E-state index contributed by atoms with van der Waals surface area (Å²) in [7, 11) is 0. The molecule has 1 aliphatic heterocycles. The number of imidazole rings is 1. The zero-order valence-corrected chi connectivity index (χ0v) is 13.8. The monoisotopic (exact) mass is 392 g/mol. The fourth-order valence-corrected chi connectivity index (χ4v) is 2.55. The largest absolute Gasteiger partial charge is 0.394 e. The van der Waals surface area contributed by atoms with Crippen molar-refractivity contribution in [1.29, 1.82) is 0 Å². The quantitative estimate of drug-likeness (QED) is 0.594. The number of ether oxygens (including phenoxy) is 1. The van der Waals surface area contributed by atoms with Crippen molar-refractivity contribution in [2.75, 3.05) is 11.9 Å². The van der Waals surface area contributed by atoms with E-state index in [1.54, 1.807) is 0 Å². The van der Waals surface area contributed by atoms with Gasteiger partial charge in [-0.2, -0.15) is 0 Å². The summed E-state index contributed by atoms with van der Waals surface area (Å²) in [5, 5.41) is 21.5. The molecule has 9 nitrogen and oxygen atoms in total. The Hall–Kier alpha value is -2.10. The number of aliphatic hydroxyl groups excluding tert-OH is 2. The number of aliphatic hydroxyl groups is 2. The predicted molar refractivity (Wildman–Crippen MR) is 98.9 cm³/mol. The first-order chi connectivity index (χ1) is 18.8. The Morgan fingerprint density at radius 3 is 3.04 bits per heavy atom. The number of aromatic nitrogens is 4. The number of anilines is 1. The Morgan fingerprint density at radius 1 is 1.41 bits per heavy atom. The summed E-state index contributed by atoms with van der Waals surface area (Å²) >= 11 is 0. The minimum atomic E-state index is -4.37. The molecular formula is C18H27N5O4. The van der Waals surface area contributed by atoms with Gasteiger partial charge in [-0.25, -0.2) is 15.0 Å². The third kappa shape index (κ3) is 4.60. The van der Waals surface area contributed by atoms with Gasteiger partial charge < -0.3 is 20.3 Å². The van der Waals surface area contributed by atoms with Gasteiger partial charge in [0.25, 0.3) is 0 Å². The number of rotatable bonds is 9. The van der Waals surface area contributed by atoms with E-state index in [1.165, 1.54) is 4.57 Å². The standard InChI is InChI=1S/C18H27N5O4/c1-2-3-4-5-6-7-14(26)22-16-15-17(20-10-19-16)23(11-21-15)18-13(25)8-12(9-24)27-18/h10-13,18,24-25H,2-9H2,1H3,(H,19,20,22,26)/i1D3,2D2,3D2,4D2,5D2,6D2,7D2. The van der Waals surface area contributed by atoms with Crippen LogP contribution >= 0.6 is 0 Å². The average molecular weight is 393 g/mol. The molecule has 0 saturated carbocycles. The summed E-state index contributed by atoms with van der Waals surface area (Å²) in [4.78, 5) is 24.8.